The first-order chi connectivity index (χ1) is 12.7. The molecule has 4 rings (SSSR count). The normalized spacial score (nSPS) is 15.5. The van der Waals surface area contributed by atoms with Crippen LogP contribution in [0, 0.1) is 0 Å². The minimum atomic E-state index is 0.185. The highest BCUT2D eigenvalue weighted by molar-refractivity contribution is 6.31. The molecule has 26 heavy (non-hydrogen) atoms. The minimum Gasteiger partial charge on any atom is -0.361 e. The summed E-state index contributed by atoms with van der Waals surface area (Å²) in [7, 11) is 0. The molecule has 1 aromatic heterocycles. The van der Waals surface area contributed by atoms with E-state index in [1.54, 1.807) is 0 Å². The van der Waals surface area contributed by atoms with Crippen molar-refractivity contribution in [1.82, 2.24) is 14.8 Å². The van der Waals surface area contributed by atoms with E-state index in [1.807, 2.05) is 35.4 Å². The van der Waals surface area contributed by atoms with E-state index in [1.165, 1.54) is 5.56 Å². The lowest BCUT2D eigenvalue weighted by atomic mass is 10.1. The molecule has 0 atom stereocenters. The van der Waals surface area contributed by atoms with Crippen LogP contribution in [-0.4, -0.2) is 46.9 Å². The maximum atomic E-state index is 12.7. The Balaban J connectivity index is 1.35. The fourth-order valence-corrected chi connectivity index (χ4v) is 3.74. The van der Waals surface area contributed by atoms with Crippen LogP contribution in [0.25, 0.3) is 10.9 Å². The monoisotopic (exact) mass is 367 g/mol. The van der Waals surface area contributed by atoms with E-state index in [-0.39, 0.29) is 5.91 Å². The smallest absolute Gasteiger partial charge is 0.227 e. The number of piperazine rings is 1. The van der Waals surface area contributed by atoms with E-state index >= 15 is 0 Å². The van der Waals surface area contributed by atoms with E-state index in [2.05, 4.69) is 34.1 Å². The van der Waals surface area contributed by atoms with Crippen LogP contribution in [0.15, 0.2) is 54.7 Å². The number of aromatic nitrogens is 1. The molecule has 1 saturated heterocycles. The van der Waals surface area contributed by atoms with Crippen LogP contribution in [-0.2, 0) is 17.8 Å². The maximum absolute atomic E-state index is 12.7. The molecular weight excluding hydrogens is 346 g/mol. The maximum Gasteiger partial charge on any atom is 0.227 e. The van der Waals surface area contributed by atoms with Gasteiger partial charge in [0, 0.05) is 54.8 Å². The van der Waals surface area contributed by atoms with Crippen molar-refractivity contribution in [2.75, 3.05) is 26.2 Å². The van der Waals surface area contributed by atoms with E-state index < -0.39 is 0 Å². The van der Waals surface area contributed by atoms with Crippen molar-refractivity contribution in [2.24, 2.45) is 0 Å². The molecule has 0 unspecified atom stereocenters. The van der Waals surface area contributed by atoms with Crippen molar-refractivity contribution in [3.05, 3.63) is 70.9 Å². The highest BCUT2D eigenvalue weighted by Crippen LogP contribution is 2.23. The number of H-pyrrole nitrogens is 1. The van der Waals surface area contributed by atoms with Crippen molar-refractivity contribution in [2.45, 2.75) is 13.0 Å². The highest BCUT2D eigenvalue weighted by Gasteiger charge is 2.22. The molecule has 1 amide bonds. The van der Waals surface area contributed by atoms with Crippen LogP contribution in [0.4, 0.5) is 0 Å². The first-order valence-corrected chi connectivity index (χ1v) is 9.36. The fourth-order valence-electron chi connectivity index (χ4n) is 3.57. The highest BCUT2D eigenvalue weighted by atomic mass is 35.5. The number of benzene rings is 2. The molecule has 1 aliphatic rings. The number of rotatable bonds is 4. The van der Waals surface area contributed by atoms with Gasteiger partial charge in [0.2, 0.25) is 5.91 Å². The van der Waals surface area contributed by atoms with Gasteiger partial charge in [-0.05, 0) is 29.3 Å². The van der Waals surface area contributed by atoms with Crippen molar-refractivity contribution in [3.63, 3.8) is 0 Å². The molecule has 5 heteroatoms. The third-order valence-corrected chi connectivity index (χ3v) is 5.28. The molecule has 1 fully saturated rings. The summed E-state index contributed by atoms with van der Waals surface area (Å²) in [6.45, 7) is 4.36. The van der Waals surface area contributed by atoms with Crippen molar-refractivity contribution in [3.8, 4) is 0 Å². The third kappa shape index (κ3) is 3.76. The Labute approximate surface area is 158 Å². The van der Waals surface area contributed by atoms with E-state index in [9.17, 15) is 4.79 Å². The average molecular weight is 368 g/mol. The Morgan fingerprint density at radius 2 is 1.81 bits per heavy atom. The van der Waals surface area contributed by atoms with Gasteiger partial charge in [-0.1, -0.05) is 41.9 Å². The molecule has 0 radical (unpaired) electrons. The van der Waals surface area contributed by atoms with Crippen LogP contribution >= 0.6 is 11.6 Å². The summed E-state index contributed by atoms with van der Waals surface area (Å²) in [6.07, 6.45) is 2.34. The van der Waals surface area contributed by atoms with Crippen molar-refractivity contribution in [1.29, 1.82) is 0 Å². The number of carbonyl (C=O) groups excluding carboxylic acids is 1. The average Bonchev–Trinajstić information content (AvgIpc) is 3.05. The predicted molar refractivity (Wildman–Crippen MR) is 105 cm³/mol. The Hall–Kier alpha value is -2.30. The SMILES string of the molecule is O=C(Cc1c[nH]c2ccc(Cl)cc12)N1CCN(Cc2ccccc2)CC1. The topological polar surface area (TPSA) is 39.3 Å². The summed E-state index contributed by atoms with van der Waals surface area (Å²) >= 11 is 6.10. The van der Waals surface area contributed by atoms with Crippen LogP contribution < -0.4 is 0 Å². The van der Waals surface area contributed by atoms with Gasteiger partial charge in [0.15, 0.2) is 0 Å². The van der Waals surface area contributed by atoms with Crippen LogP contribution in [0.3, 0.4) is 0 Å². The fraction of sp³-hybridized carbons (Fsp3) is 0.286. The summed E-state index contributed by atoms with van der Waals surface area (Å²) in [5.74, 6) is 0.185. The standard InChI is InChI=1S/C21H22ClN3O/c22-18-6-7-20-19(13-18)17(14-23-20)12-21(26)25-10-8-24(9-11-25)15-16-4-2-1-3-5-16/h1-7,13-14,23H,8-12,15H2. The Kier molecular flexibility index (Phi) is 4.96. The number of halogens is 1. The lowest BCUT2D eigenvalue weighted by Crippen LogP contribution is -2.48. The molecule has 0 aliphatic carbocycles. The van der Waals surface area contributed by atoms with E-state index in [4.69, 9.17) is 11.6 Å². The van der Waals surface area contributed by atoms with Gasteiger partial charge < -0.3 is 9.88 Å². The van der Waals surface area contributed by atoms with Crippen LogP contribution in [0.5, 0.6) is 0 Å². The molecule has 4 nitrogen and oxygen atoms in total. The summed E-state index contributed by atoms with van der Waals surface area (Å²) in [5.41, 5.74) is 3.35. The first-order valence-electron chi connectivity index (χ1n) is 8.98. The zero-order valence-corrected chi connectivity index (χ0v) is 15.4. The summed E-state index contributed by atoms with van der Waals surface area (Å²) in [5, 5.41) is 1.73. The number of nitrogens with one attached hydrogen (secondary N) is 1. The van der Waals surface area contributed by atoms with Gasteiger partial charge in [-0.2, -0.15) is 0 Å². The van der Waals surface area contributed by atoms with Gasteiger partial charge in [0.25, 0.3) is 0 Å². The number of carbonyl (C=O) groups is 1. The lowest BCUT2D eigenvalue weighted by Gasteiger charge is -2.34. The number of aromatic amines is 1. The summed E-state index contributed by atoms with van der Waals surface area (Å²) in [6, 6.07) is 16.2. The Morgan fingerprint density at radius 3 is 2.58 bits per heavy atom. The third-order valence-electron chi connectivity index (χ3n) is 5.05. The minimum absolute atomic E-state index is 0.185. The molecule has 2 heterocycles. The number of nitrogens with zero attached hydrogens (tertiary/aromatic N) is 2. The van der Waals surface area contributed by atoms with Crippen molar-refractivity contribution >= 4 is 28.4 Å². The first kappa shape index (κ1) is 17.1. The number of hydrogen-bond donors (Lipinski definition) is 1. The molecule has 0 spiro atoms. The second-order valence-electron chi connectivity index (χ2n) is 6.82. The predicted octanol–water partition coefficient (Wildman–Crippen LogP) is 3.71. The van der Waals surface area contributed by atoms with Gasteiger partial charge in [0.1, 0.15) is 0 Å². The molecular formula is C21H22ClN3O. The van der Waals surface area contributed by atoms with Crippen molar-refractivity contribution < 1.29 is 4.79 Å². The molecule has 3 aromatic rings. The Bertz CT molecular complexity index is 898. The van der Waals surface area contributed by atoms with Crippen LogP contribution in [0.1, 0.15) is 11.1 Å². The Morgan fingerprint density at radius 1 is 1.04 bits per heavy atom. The quantitative estimate of drug-likeness (QED) is 0.763. The van der Waals surface area contributed by atoms with Gasteiger partial charge in [-0.3, -0.25) is 9.69 Å². The zero-order valence-electron chi connectivity index (χ0n) is 14.6. The number of hydrogen-bond acceptors (Lipinski definition) is 2. The lowest BCUT2D eigenvalue weighted by molar-refractivity contribution is -0.132. The van der Waals surface area contributed by atoms with E-state index in [0.29, 0.717) is 11.4 Å². The van der Waals surface area contributed by atoms with Gasteiger partial charge in [0.05, 0.1) is 6.42 Å². The molecule has 1 aliphatic heterocycles. The largest absolute Gasteiger partial charge is 0.361 e. The van der Waals surface area contributed by atoms with E-state index in [0.717, 1.165) is 49.2 Å². The second kappa shape index (κ2) is 7.52. The summed E-state index contributed by atoms with van der Waals surface area (Å²) in [4.78, 5) is 20.3. The molecule has 0 saturated carbocycles. The zero-order chi connectivity index (χ0) is 17.9. The van der Waals surface area contributed by atoms with Gasteiger partial charge >= 0.3 is 0 Å². The second-order valence-corrected chi connectivity index (χ2v) is 7.26. The molecule has 1 N–H and O–H groups in total. The van der Waals surface area contributed by atoms with Gasteiger partial charge in [-0.15, -0.1) is 0 Å². The van der Waals surface area contributed by atoms with Crippen LogP contribution in [0.2, 0.25) is 5.02 Å². The summed E-state index contributed by atoms with van der Waals surface area (Å²) < 4.78 is 0. The molecule has 2 aromatic carbocycles. The molecule has 0 bridgehead atoms. The number of fused-ring (bicyclic) bond motifs is 1. The molecule has 134 valence electrons. The van der Waals surface area contributed by atoms with Gasteiger partial charge in [-0.25, -0.2) is 0 Å². The number of amides is 1.